The highest BCUT2D eigenvalue weighted by Gasteiger charge is 2.28. The van der Waals surface area contributed by atoms with Crippen LogP contribution in [0, 0.1) is 0 Å². The number of likely N-dealkylation sites (N-methyl/N-ethyl adjacent to an activating group) is 1. The van der Waals surface area contributed by atoms with Crippen LogP contribution in [-0.4, -0.2) is 36.3 Å². The van der Waals surface area contributed by atoms with Gasteiger partial charge in [0.1, 0.15) is 6.04 Å². The summed E-state index contributed by atoms with van der Waals surface area (Å²) in [5.41, 5.74) is 5.36. The maximum atomic E-state index is 11.2. The number of nitrogens with zero attached hydrogens (tertiary/aromatic N) is 2. The third-order valence-electron chi connectivity index (χ3n) is 1.76. The number of likely N-dealkylation sites (tertiary alicyclic amines) is 1. The molecule has 1 saturated heterocycles. The van der Waals surface area contributed by atoms with Gasteiger partial charge in [-0.05, 0) is 13.3 Å². The van der Waals surface area contributed by atoms with Crippen molar-refractivity contribution in [2.75, 3.05) is 13.6 Å². The standard InChI is InChI=1S/C7H13N3O/c1-5(8)9-6-3-4-10(2)7(6)11/h6H,3-4H2,1-2H3,(H2,8,9). The van der Waals surface area contributed by atoms with E-state index < -0.39 is 0 Å². The minimum absolute atomic E-state index is 0.0785. The summed E-state index contributed by atoms with van der Waals surface area (Å²) >= 11 is 0. The number of carbonyl (C=O) groups excluding carboxylic acids is 1. The molecule has 0 bridgehead atoms. The normalized spacial score (nSPS) is 26.4. The fourth-order valence-corrected chi connectivity index (χ4v) is 1.17. The molecular formula is C7H13N3O. The van der Waals surface area contributed by atoms with Crippen molar-refractivity contribution in [2.45, 2.75) is 19.4 Å². The second kappa shape index (κ2) is 2.90. The maximum Gasteiger partial charge on any atom is 0.247 e. The van der Waals surface area contributed by atoms with Crippen molar-refractivity contribution in [1.82, 2.24) is 4.90 Å². The van der Waals surface area contributed by atoms with Crippen LogP contribution in [0.15, 0.2) is 4.99 Å². The Labute approximate surface area is 66.1 Å². The monoisotopic (exact) mass is 155 g/mol. The van der Waals surface area contributed by atoms with Crippen molar-refractivity contribution in [3.63, 3.8) is 0 Å². The quantitative estimate of drug-likeness (QED) is 0.413. The number of aliphatic imine (C=N–C) groups is 1. The van der Waals surface area contributed by atoms with Crippen molar-refractivity contribution in [2.24, 2.45) is 10.7 Å². The predicted molar refractivity (Wildman–Crippen MR) is 43.3 cm³/mol. The summed E-state index contributed by atoms with van der Waals surface area (Å²) < 4.78 is 0. The van der Waals surface area contributed by atoms with E-state index in [1.165, 1.54) is 0 Å². The minimum atomic E-state index is -0.218. The molecule has 1 unspecified atom stereocenters. The number of carbonyl (C=O) groups is 1. The Hall–Kier alpha value is -1.06. The van der Waals surface area contributed by atoms with Crippen LogP contribution in [0.1, 0.15) is 13.3 Å². The Kier molecular flexibility index (Phi) is 2.12. The molecule has 1 rings (SSSR count). The van der Waals surface area contributed by atoms with Crippen molar-refractivity contribution in [3.8, 4) is 0 Å². The van der Waals surface area contributed by atoms with Crippen LogP contribution in [0.4, 0.5) is 0 Å². The van der Waals surface area contributed by atoms with Gasteiger partial charge in [-0.3, -0.25) is 9.79 Å². The molecule has 0 radical (unpaired) electrons. The second-order valence-electron chi connectivity index (χ2n) is 2.83. The van der Waals surface area contributed by atoms with Crippen molar-refractivity contribution >= 4 is 11.7 Å². The summed E-state index contributed by atoms with van der Waals surface area (Å²) in [6, 6.07) is -0.218. The molecule has 1 atom stereocenters. The summed E-state index contributed by atoms with van der Waals surface area (Å²) in [6.07, 6.45) is 0.796. The van der Waals surface area contributed by atoms with E-state index in [-0.39, 0.29) is 11.9 Å². The summed E-state index contributed by atoms with van der Waals surface area (Å²) in [6.45, 7) is 2.49. The lowest BCUT2D eigenvalue weighted by Gasteiger charge is -2.06. The van der Waals surface area contributed by atoms with Crippen molar-refractivity contribution < 1.29 is 4.79 Å². The molecule has 2 N–H and O–H groups in total. The van der Waals surface area contributed by atoms with Crippen LogP contribution in [-0.2, 0) is 4.79 Å². The van der Waals surface area contributed by atoms with Crippen molar-refractivity contribution in [3.05, 3.63) is 0 Å². The van der Waals surface area contributed by atoms with Gasteiger partial charge in [-0.25, -0.2) is 0 Å². The molecule has 0 spiro atoms. The summed E-state index contributed by atoms with van der Waals surface area (Å²) in [5.74, 6) is 0.563. The lowest BCUT2D eigenvalue weighted by Crippen LogP contribution is -2.25. The van der Waals surface area contributed by atoms with E-state index in [2.05, 4.69) is 4.99 Å². The number of hydrogen-bond acceptors (Lipinski definition) is 2. The number of amides is 1. The molecule has 0 aliphatic carbocycles. The molecule has 0 aromatic rings. The molecule has 1 fully saturated rings. The molecule has 1 aliphatic heterocycles. The van der Waals surface area contributed by atoms with Gasteiger partial charge in [-0.1, -0.05) is 0 Å². The fourth-order valence-electron chi connectivity index (χ4n) is 1.17. The number of amidine groups is 1. The average Bonchev–Trinajstić information content (AvgIpc) is 2.18. The Morgan fingerprint density at radius 1 is 1.82 bits per heavy atom. The SMILES string of the molecule is CC(N)=NC1CCN(C)C1=O. The van der Waals surface area contributed by atoms with E-state index in [1.54, 1.807) is 18.9 Å². The van der Waals surface area contributed by atoms with E-state index in [0.29, 0.717) is 5.84 Å². The lowest BCUT2D eigenvalue weighted by atomic mass is 10.3. The van der Waals surface area contributed by atoms with Crippen LogP contribution < -0.4 is 5.73 Å². The Bertz CT molecular complexity index is 196. The van der Waals surface area contributed by atoms with E-state index in [0.717, 1.165) is 13.0 Å². The van der Waals surface area contributed by atoms with Gasteiger partial charge in [0.05, 0.1) is 5.84 Å². The molecule has 0 saturated carbocycles. The smallest absolute Gasteiger partial charge is 0.247 e. The molecule has 1 heterocycles. The number of hydrogen-bond donors (Lipinski definition) is 1. The van der Waals surface area contributed by atoms with E-state index >= 15 is 0 Å². The first-order valence-corrected chi connectivity index (χ1v) is 3.66. The third-order valence-corrected chi connectivity index (χ3v) is 1.76. The van der Waals surface area contributed by atoms with E-state index in [9.17, 15) is 4.79 Å². The first kappa shape index (κ1) is 8.04. The number of rotatable bonds is 1. The maximum absolute atomic E-state index is 11.2. The summed E-state index contributed by atoms with van der Waals surface area (Å²) in [5, 5.41) is 0. The molecule has 62 valence electrons. The highest BCUT2D eigenvalue weighted by molar-refractivity contribution is 5.87. The molecular weight excluding hydrogens is 142 g/mol. The Morgan fingerprint density at radius 2 is 2.45 bits per heavy atom. The predicted octanol–water partition coefficient (Wildman–Crippen LogP) is -0.406. The van der Waals surface area contributed by atoms with Gasteiger partial charge in [0, 0.05) is 13.6 Å². The molecule has 1 aliphatic rings. The topological polar surface area (TPSA) is 58.7 Å². The third kappa shape index (κ3) is 1.69. The molecule has 0 aromatic heterocycles. The Morgan fingerprint density at radius 3 is 2.82 bits per heavy atom. The van der Waals surface area contributed by atoms with Gasteiger partial charge in [0.15, 0.2) is 0 Å². The lowest BCUT2D eigenvalue weighted by molar-refractivity contribution is -0.127. The zero-order valence-corrected chi connectivity index (χ0v) is 6.87. The Balaban J connectivity index is 2.63. The van der Waals surface area contributed by atoms with Crippen LogP contribution >= 0.6 is 0 Å². The van der Waals surface area contributed by atoms with Crippen LogP contribution in [0.5, 0.6) is 0 Å². The summed E-state index contributed by atoms with van der Waals surface area (Å²) in [4.78, 5) is 16.9. The zero-order chi connectivity index (χ0) is 8.43. The fraction of sp³-hybridized carbons (Fsp3) is 0.714. The van der Waals surface area contributed by atoms with E-state index in [1.807, 2.05) is 0 Å². The number of nitrogens with two attached hydrogens (primary N) is 1. The van der Waals surface area contributed by atoms with Crippen LogP contribution in [0.2, 0.25) is 0 Å². The van der Waals surface area contributed by atoms with Crippen molar-refractivity contribution in [1.29, 1.82) is 0 Å². The first-order valence-electron chi connectivity index (χ1n) is 3.66. The summed E-state index contributed by atoms with van der Waals surface area (Å²) in [7, 11) is 1.78. The highest BCUT2D eigenvalue weighted by atomic mass is 16.2. The minimum Gasteiger partial charge on any atom is -0.388 e. The van der Waals surface area contributed by atoms with E-state index in [4.69, 9.17) is 5.73 Å². The van der Waals surface area contributed by atoms with Gasteiger partial charge in [0.25, 0.3) is 0 Å². The van der Waals surface area contributed by atoms with Gasteiger partial charge in [0.2, 0.25) is 5.91 Å². The molecule has 4 heteroatoms. The van der Waals surface area contributed by atoms with Gasteiger partial charge in [-0.2, -0.15) is 0 Å². The van der Waals surface area contributed by atoms with Gasteiger partial charge >= 0.3 is 0 Å². The second-order valence-corrected chi connectivity index (χ2v) is 2.83. The molecule has 4 nitrogen and oxygen atoms in total. The largest absolute Gasteiger partial charge is 0.388 e. The first-order chi connectivity index (χ1) is 5.11. The average molecular weight is 155 g/mol. The van der Waals surface area contributed by atoms with Gasteiger partial charge in [-0.15, -0.1) is 0 Å². The van der Waals surface area contributed by atoms with Crippen LogP contribution in [0.3, 0.4) is 0 Å². The molecule has 11 heavy (non-hydrogen) atoms. The zero-order valence-electron chi connectivity index (χ0n) is 6.87. The van der Waals surface area contributed by atoms with Gasteiger partial charge < -0.3 is 10.6 Å². The highest BCUT2D eigenvalue weighted by Crippen LogP contribution is 2.11. The molecule has 1 amide bonds. The molecule has 0 aromatic carbocycles. The van der Waals surface area contributed by atoms with Crippen LogP contribution in [0.25, 0.3) is 0 Å².